The standard InChI is InChI=1S/C10H11FN4S/c1-15-6-13-14-10(15)5-16-7-2-3-9(12)8(11)4-7/h2-4,6H,5,12H2,1H3. The molecule has 2 rings (SSSR count). The third-order valence-electron chi connectivity index (χ3n) is 2.14. The number of thioether (sulfide) groups is 1. The van der Waals surface area contributed by atoms with Crippen molar-refractivity contribution < 1.29 is 4.39 Å². The lowest BCUT2D eigenvalue weighted by Crippen LogP contribution is -1.95. The van der Waals surface area contributed by atoms with E-state index in [1.807, 2.05) is 11.6 Å². The second-order valence-electron chi connectivity index (χ2n) is 3.33. The van der Waals surface area contributed by atoms with E-state index in [-0.39, 0.29) is 11.5 Å². The molecule has 2 N–H and O–H groups in total. The summed E-state index contributed by atoms with van der Waals surface area (Å²) in [7, 11) is 1.87. The molecule has 0 bridgehead atoms. The molecule has 0 atom stereocenters. The van der Waals surface area contributed by atoms with Crippen LogP contribution in [-0.2, 0) is 12.8 Å². The van der Waals surface area contributed by atoms with E-state index in [0.29, 0.717) is 5.75 Å². The van der Waals surface area contributed by atoms with Gasteiger partial charge in [0.2, 0.25) is 0 Å². The van der Waals surface area contributed by atoms with Crippen molar-refractivity contribution in [1.82, 2.24) is 14.8 Å². The van der Waals surface area contributed by atoms with Gasteiger partial charge in [0.05, 0.1) is 11.4 Å². The van der Waals surface area contributed by atoms with Crippen molar-refractivity contribution in [3.63, 3.8) is 0 Å². The summed E-state index contributed by atoms with van der Waals surface area (Å²) in [4.78, 5) is 0.828. The molecule has 0 aliphatic carbocycles. The molecule has 0 amide bonds. The Kier molecular flexibility index (Phi) is 3.09. The Morgan fingerprint density at radius 1 is 1.50 bits per heavy atom. The largest absolute Gasteiger partial charge is 0.396 e. The maximum atomic E-state index is 13.2. The molecule has 0 fully saturated rings. The van der Waals surface area contributed by atoms with Crippen LogP contribution >= 0.6 is 11.8 Å². The Morgan fingerprint density at radius 2 is 2.31 bits per heavy atom. The third kappa shape index (κ3) is 2.33. The Labute approximate surface area is 96.7 Å². The fourth-order valence-corrected chi connectivity index (χ4v) is 2.09. The van der Waals surface area contributed by atoms with E-state index in [2.05, 4.69) is 10.2 Å². The summed E-state index contributed by atoms with van der Waals surface area (Å²) in [5, 5.41) is 7.72. The predicted molar refractivity (Wildman–Crippen MR) is 61.4 cm³/mol. The summed E-state index contributed by atoms with van der Waals surface area (Å²) in [5.41, 5.74) is 5.56. The van der Waals surface area contributed by atoms with E-state index >= 15 is 0 Å². The SMILES string of the molecule is Cn1cnnc1CSc1ccc(N)c(F)c1. The van der Waals surface area contributed by atoms with Gasteiger partial charge in [0.15, 0.2) is 0 Å². The Balaban J connectivity index is 2.05. The number of aromatic nitrogens is 3. The molecule has 4 nitrogen and oxygen atoms in total. The number of halogens is 1. The highest BCUT2D eigenvalue weighted by Gasteiger charge is 2.04. The van der Waals surface area contributed by atoms with Gasteiger partial charge < -0.3 is 10.3 Å². The zero-order valence-electron chi connectivity index (χ0n) is 8.72. The molecular weight excluding hydrogens is 227 g/mol. The molecule has 0 aliphatic heterocycles. The third-order valence-corrected chi connectivity index (χ3v) is 3.13. The number of rotatable bonds is 3. The smallest absolute Gasteiger partial charge is 0.147 e. The van der Waals surface area contributed by atoms with E-state index in [0.717, 1.165) is 10.7 Å². The number of benzene rings is 1. The summed E-state index contributed by atoms with van der Waals surface area (Å²) in [6.45, 7) is 0. The molecular formula is C10H11FN4S. The maximum Gasteiger partial charge on any atom is 0.147 e. The van der Waals surface area contributed by atoms with Crippen LogP contribution in [0.15, 0.2) is 29.4 Å². The number of nitrogens with zero attached hydrogens (tertiary/aromatic N) is 3. The molecule has 1 heterocycles. The average molecular weight is 238 g/mol. The molecule has 0 spiro atoms. The van der Waals surface area contributed by atoms with Crippen LogP contribution in [0.4, 0.5) is 10.1 Å². The van der Waals surface area contributed by atoms with E-state index < -0.39 is 0 Å². The van der Waals surface area contributed by atoms with Crippen LogP contribution in [0.2, 0.25) is 0 Å². The lowest BCUT2D eigenvalue weighted by Gasteiger charge is -2.02. The first-order valence-electron chi connectivity index (χ1n) is 4.67. The van der Waals surface area contributed by atoms with Crippen molar-refractivity contribution in [3.05, 3.63) is 36.2 Å². The summed E-state index contributed by atoms with van der Waals surface area (Å²) in [6, 6.07) is 4.78. The summed E-state index contributed by atoms with van der Waals surface area (Å²) >= 11 is 1.50. The molecule has 2 aromatic rings. The molecule has 1 aromatic heterocycles. The van der Waals surface area contributed by atoms with Crippen LogP contribution in [0.5, 0.6) is 0 Å². The Morgan fingerprint density at radius 3 is 2.94 bits per heavy atom. The van der Waals surface area contributed by atoms with Crippen molar-refractivity contribution >= 4 is 17.4 Å². The lowest BCUT2D eigenvalue weighted by atomic mass is 10.3. The van der Waals surface area contributed by atoms with Crippen LogP contribution in [0, 0.1) is 5.82 Å². The van der Waals surface area contributed by atoms with Gasteiger partial charge in [0.1, 0.15) is 18.0 Å². The Hall–Kier alpha value is -1.56. The molecule has 0 aliphatic rings. The molecule has 6 heteroatoms. The second-order valence-corrected chi connectivity index (χ2v) is 4.38. The van der Waals surface area contributed by atoms with Crippen LogP contribution < -0.4 is 5.73 Å². The lowest BCUT2D eigenvalue weighted by molar-refractivity contribution is 0.629. The zero-order valence-corrected chi connectivity index (χ0v) is 9.54. The molecule has 16 heavy (non-hydrogen) atoms. The van der Waals surface area contributed by atoms with Crippen molar-refractivity contribution in [1.29, 1.82) is 0 Å². The number of nitrogen functional groups attached to an aromatic ring is 1. The normalized spacial score (nSPS) is 10.6. The maximum absolute atomic E-state index is 13.2. The topological polar surface area (TPSA) is 56.7 Å². The van der Waals surface area contributed by atoms with Crippen LogP contribution in [0.3, 0.4) is 0 Å². The zero-order chi connectivity index (χ0) is 11.5. The minimum atomic E-state index is -0.386. The Bertz CT molecular complexity index is 497. The fraction of sp³-hybridized carbons (Fsp3) is 0.200. The van der Waals surface area contributed by atoms with E-state index in [9.17, 15) is 4.39 Å². The minimum Gasteiger partial charge on any atom is -0.396 e. The molecule has 0 saturated heterocycles. The highest BCUT2D eigenvalue weighted by Crippen LogP contribution is 2.24. The molecule has 0 unspecified atom stereocenters. The predicted octanol–water partition coefficient (Wildman–Crippen LogP) is 1.83. The van der Waals surface area contributed by atoms with Crippen LogP contribution in [0.25, 0.3) is 0 Å². The van der Waals surface area contributed by atoms with Crippen LogP contribution in [0.1, 0.15) is 5.82 Å². The van der Waals surface area contributed by atoms with Gasteiger partial charge >= 0.3 is 0 Å². The second kappa shape index (κ2) is 4.52. The van der Waals surface area contributed by atoms with E-state index in [4.69, 9.17) is 5.73 Å². The monoisotopic (exact) mass is 238 g/mol. The number of hydrogen-bond acceptors (Lipinski definition) is 4. The number of anilines is 1. The van der Waals surface area contributed by atoms with Gasteiger partial charge in [-0.2, -0.15) is 0 Å². The number of aryl methyl sites for hydroxylation is 1. The minimum absolute atomic E-state index is 0.169. The first-order valence-corrected chi connectivity index (χ1v) is 5.66. The average Bonchev–Trinajstić information content (AvgIpc) is 2.66. The number of hydrogen-bond donors (Lipinski definition) is 1. The number of nitrogens with two attached hydrogens (primary N) is 1. The van der Waals surface area contributed by atoms with Crippen molar-refractivity contribution in [3.8, 4) is 0 Å². The van der Waals surface area contributed by atoms with Gasteiger partial charge in [-0.15, -0.1) is 22.0 Å². The first kappa shape index (κ1) is 10.9. The van der Waals surface area contributed by atoms with Gasteiger partial charge in [-0.25, -0.2) is 4.39 Å². The molecule has 1 aromatic carbocycles. The highest BCUT2D eigenvalue weighted by molar-refractivity contribution is 7.98. The van der Waals surface area contributed by atoms with Crippen molar-refractivity contribution in [2.75, 3.05) is 5.73 Å². The highest BCUT2D eigenvalue weighted by atomic mass is 32.2. The summed E-state index contributed by atoms with van der Waals surface area (Å²) < 4.78 is 15.0. The van der Waals surface area contributed by atoms with Crippen molar-refractivity contribution in [2.24, 2.45) is 7.05 Å². The van der Waals surface area contributed by atoms with E-state index in [1.54, 1.807) is 18.5 Å². The molecule has 0 saturated carbocycles. The van der Waals surface area contributed by atoms with Gasteiger partial charge in [-0.1, -0.05) is 0 Å². The molecule has 0 radical (unpaired) electrons. The quantitative estimate of drug-likeness (QED) is 0.654. The van der Waals surface area contributed by atoms with Gasteiger partial charge in [-0.3, -0.25) is 0 Å². The summed E-state index contributed by atoms with van der Waals surface area (Å²) in [5.74, 6) is 1.12. The van der Waals surface area contributed by atoms with Gasteiger partial charge in [0, 0.05) is 11.9 Å². The molecule has 84 valence electrons. The van der Waals surface area contributed by atoms with Crippen LogP contribution in [-0.4, -0.2) is 14.8 Å². The van der Waals surface area contributed by atoms with Gasteiger partial charge in [-0.05, 0) is 18.2 Å². The summed E-state index contributed by atoms with van der Waals surface area (Å²) in [6.07, 6.45) is 1.64. The first-order chi connectivity index (χ1) is 7.66. The van der Waals surface area contributed by atoms with Crippen molar-refractivity contribution in [2.45, 2.75) is 10.6 Å². The van der Waals surface area contributed by atoms with E-state index in [1.165, 1.54) is 17.8 Å². The fourth-order valence-electron chi connectivity index (χ4n) is 1.18. The van der Waals surface area contributed by atoms with Gasteiger partial charge in [0.25, 0.3) is 0 Å².